The highest BCUT2D eigenvalue weighted by atomic mass is 35.5. The molecule has 1 aromatic carbocycles. The maximum Gasteiger partial charge on any atom is 0.139 e. The molecule has 1 N–H and O–H groups in total. The Kier molecular flexibility index (Phi) is 4.55. The Morgan fingerprint density at radius 3 is 2.71 bits per heavy atom. The van der Waals surface area contributed by atoms with E-state index < -0.39 is 6.10 Å². The number of rotatable bonds is 2. The summed E-state index contributed by atoms with van der Waals surface area (Å²) in [6.45, 7) is 0. The van der Waals surface area contributed by atoms with Gasteiger partial charge in [0, 0.05) is 11.1 Å². The van der Waals surface area contributed by atoms with Crippen molar-refractivity contribution in [2.24, 2.45) is 0 Å². The predicted octanol–water partition coefficient (Wildman–Crippen LogP) is 4.07. The van der Waals surface area contributed by atoms with Gasteiger partial charge in [0.25, 0.3) is 0 Å². The first-order chi connectivity index (χ1) is 8.16. The first-order valence-electron chi connectivity index (χ1n) is 5.96. The zero-order valence-electron chi connectivity index (χ0n) is 9.53. The molecular weight excluding hydrogens is 259 g/mol. The smallest absolute Gasteiger partial charge is 0.139 e. The van der Waals surface area contributed by atoms with Crippen LogP contribution in [-0.4, -0.2) is 17.3 Å². The Balaban J connectivity index is 2.10. The lowest BCUT2D eigenvalue weighted by molar-refractivity contribution is 0.0320. The van der Waals surface area contributed by atoms with Crippen molar-refractivity contribution in [3.05, 3.63) is 28.2 Å². The summed E-state index contributed by atoms with van der Waals surface area (Å²) in [6.07, 6.45) is 4.37. The number of halogens is 2. The van der Waals surface area contributed by atoms with Crippen LogP contribution in [-0.2, 0) is 0 Å². The molecule has 0 aromatic heterocycles. The van der Waals surface area contributed by atoms with Gasteiger partial charge in [0.1, 0.15) is 11.9 Å². The third-order valence-electron chi connectivity index (χ3n) is 3.09. The Bertz CT molecular complexity index is 382. The molecule has 2 rings (SSSR count). The van der Waals surface area contributed by atoms with Crippen molar-refractivity contribution in [3.8, 4) is 5.75 Å². The normalized spacial score (nSPS) is 25.4. The fourth-order valence-electron chi connectivity index (χ4n) is 2.12. The van der Waals surface area contributed by atoms with Crippen LogP contribution in [0.15, 0.2) is 18.2 Å². The quantitative estimate of drug-likeness (QED) is 0.824. The molecule has 0 bridgehead atoms. The molecule has 0 radical (unpaired) electrons. The van der Waals surface area contributed by atoms with Crippen LogP contribution in [0.25, 0.3) is 0 Å². The molecule has 17 heavy (non-hydrogen) atoms. The Hall–Kier alpha value is -0.440. The number of benzene rings is 1. The molecule has 0 amide bonds. The summed E-state index contributed by atoms with van der Waals surface area (Å²) < 4.78 is 5.79. The first kappa shape index (κ1) is 13.0. The molecule has 2 nitrogen and oxygen atoms in total. The fourth-order valence-corrected chi connectivity index (χ4v) is 2.45. The molecule has 0 spiro atoms. The van der Waals surface area contributed by atoms with E-state index in [2.05, 4.69) is 0 Å². The van der Waals surface area contributed by atoms with Gasteiger partial charge in [-0.05, 0) is 31.4 Å². The third-order valence-corrected chi connectivity index (χ3v) is 3.64. The Morgan fingerprint density at radius 2 is 1.88 bits per heavy atom. The summed E-state index contributed by atoms with van der Waals surface area (Å²) in [5.41, 5.74) is 0. The van der Waals surface area contributed by atoms with Crippen molar-refractivity contribution in [2.75, 3.05) is 0 Å². The SMILES string of the molecule is OC1CCCCCC1Oc1cc(Cl)ccc1Cl. The van der Waals surface area contributed by atoms with Gasteiger partial charge in [-0.1, -0.05) is 36.0 Å². The second-order valence-corrected chi connectivity index (χ2v) is 5.28. The van der Waals surface area contributed by atoms with Crippen LogP contribution in [0.5, 0.6) is 5.75 Å². The second kappa shape index (κ2) is 5.94. The summed E-state index contributed by atoms with van der Waals surface area (Å²) in [6, 6.07) is 5.13. The van der Waals surface area contributed by atoms with Gasteiger partial charge in [-0.15, -0.1) is 0 Å². The molecular formula is C13H16Cl2O2. The minimum atomic E-state index is -0.410. The van der Waals surface area contributed by atoms with Crippen LogP contribution in [0.4, 0.5) is 0 Å². The van der Waals surface area contributed by atoms with Crippen molar-refractivity contribution in [3.63, 3.8) is 0 Å². The summed E-state index contributed by atoms with van der Waals surface area (Å²) in [4.78, 5) is 0. The van der Waals surface area contributed by atoms with E-state index in [1.54, 1.807) is 18.2 Å². The van der Waals surface area contributed by atoms with Crippen molar-refractivity contribution in [2.45, 2.75) is 44.3 Å². The van der Waals surface area contributed by atoms with Gasteiger partial charge >= 0.3 is 0 Å². The number of aliphatic hydroxyl groups is 1. The summed E-state index contributed by atoms with van der Waals surface area (Å²) in [5, 5.41) is 11.1. The fraction of sp³-hybridized carbons (Fsp3) is 0.538. The first-order valence-corrected chi connectivity index (χ1v) is 6.72. The maximum absolute atomic E-state index is 9.97. The number of hydrogen-bond acceptors (Lipinski definition) is 2. The van der Waals surface area contributed by atoms with E-state index >= 15 is 0 Å². The lowest BCUT2D eigenvalue weighted by Gasteiger charge is -2.22. The minimum absolute atomic E-state index is 0.173. The summed E-state index contributed by atoms with van der Waals surface area (Å²) in [5.74, 6) is 0.560. The van der Waals surface area contributed by atoms with E-state index in [9.17, 15) is 5.11 Å². The van der Waals surface area contributed by atoms with Gasteiger partial charge in [0.15, 0.2) is 0 Å². The van der Waals surface area contributed by atoms with Gasteiger partial charge < -0.3 is 9.84 Å². The molecule has 2 atom stereocenters. The monoisotopic (exact) mass is 274 g/mol. The Labute approximate surface area is 111 Å². The summed E-state index contributed by atoms with van der Waals surface area (Å²) in [7, 11) is 0. The number of hydrogen-bond donors (Lipinski definition) is 1. The highest BCUT2D eigenvalue weighted by molar-refractivity contribution is 6.34. The third kappa shape index (κ3) is 3.51. The predicted molar refractivity (Wildman–Crippen MR) is 70.0 cm³/mol. The molecule has 1 saturated carbocycles. The van der Waals surface area contributed by atoms with Crippen LogP contribution in [0, 0.1) is 0 Å². The van der Waals surface area contributed by atoms with Crippen molar-refractivity contribution in [1.82, 2.24) is 0 Å². The maximum atomic E-state index is 9.97. The highest BCUT2D eigenvalue weighted by Gasteiger charge is 2.23. The molecule has 0 saturated heterocycles. The van der Waals surface area contributed by atoms with E-state index in [0.29, 0.717) is 15.8 Å². The topological polar surface area (TPSA) is 29.5 Å². The van der Waals surface area contributed by atoms with Gasteiger partial charge in [-0.25, -0.2) is 0 Å². The number of ether oxygens (including phenoxy) is 1. The van der Waals surface area contributed by atoms with Crippen molar-refractivity contribution >= 4 is 23.2 Å². The number of aliphatic hydroxyl groups excluding tert-OH is 1. The lowest BCUT2D eigenvalue weighted by Crippen LogP contribution is -2.30. The Morgan fingerprint density at radius 1 is 1.12 bits per heavy atom. The minimum Gasteiger partial charge on any atom is -0.486 e. The molecule has 4 heteroatoms. The van der Waals surface area contributed by atoms with Gasteiger partial charge in [-0.2, -0.15) is 0 Å². The average molecular weight is 275 g/mol. The average Bonchev–Trinajstić information content (AvgIpc) is 2.50. The molecule has 1 aliphatic rings. The zero-order chi connectivity index (χ0) is 12.3. The second-order valence-electron chi connectivity index (χ2n) is 4.44. The van der Waals surface area contributed by atoms with Crippen molar-refractivity contribution < 1.29 is 9.84 Å². The molecule has 1 aliphatic carbocycles. The summed E-state index contributed by atoms with van der Waals surface area (Å²) >= 11 is 11.9. The highest BCUT2D eigenvalue weighted by Crippen LogP contribution is 2.31. The van der Waals surface area contributed by atoms with E-state index in [-0.39, 0.29) is 6.10 Å². The molecule has 0 aliphatic heterocycles. The van der Waals surface area contributed by atoms with Crippen LogP contribution >= 0.6 is 23.2 Å². The molecule has 1 aromatic rings. The van der Waals surface area contributed by atoms with Gasteiger partial charge in [0.05, 0.1) is 11.1 Å². The molecule has 0 heterocycles. The standard InChI is InChI=1S/C13H16Cl2O2/c14-9-6-7-10(15)13(8-9)17-12-5-3-1-2-4-11(12)16/h6-8,11-12,16H,1-5H2. The van der Waals surface area contributed by atoms with E-state index in [1.165, 1.54) is 0 Å². The van der Waals surface area contributed by atoms with Crippen molar-refractivity contribution in [1.29, 1.82) is 0 Å². The zero-order valence-corrected chi connectivity index (χ0v) is 11.0. The van der Waals surface area contributed by atoms with E-state index in [1.807, 2.05) is 0 Å². The van der Waals surface area contributed by atoms with E-state index in [0.717, 1.165) is 32.1 Å². The van der Waals surface area contributed by atoms with Crippen LogP contribution in [0.1, 0.15) is 32.1 Å². The molecule has 1 fully saturated rings. The molecule has 2 unspecified atom stereocenters. The van der Waals surface area contributed by atoms with Crippen LogP contribution in [0.3, 0.4) is 0 Å². The van der Waals surface area contributed by atoms with E-state index in [4.69, 9.17) is 27.9 Å². The van der Waals surface area contributed by atoms with Crippen LogP contribution < -0.4 is 4.74 Å². The van der Waals surface area contributed by atoms with Gasteiger partial charge in [0.2, 0.25) is 0 Å². The lowest BCUT2D eigenvalue weighted by atomic mass is 10.1. The largest absolute Gasteiger partial charge is 0.486 e. The van der Waals surface area contributed by atoms with Crippen LogP contribution in [0.2, 0.25) is 10.0 Å². The van der Waals surface area contributed by atoms with Gasteiger partial charge in [-0.3, -0.25) is 0 Å². The molecule has 94 valence electrons.